The summed E-state index contributed by atoms with van der Waals surface area (Å²) in [4.78, 5) is 0. The summed E-state index contributed by atoms with van der Waals surface area (Å²) in [5, 5.41) is 0. The Morgan fingerprint density at radius 1 is 0.373 bits per heavy atom. The number of hydrogen-bond acceptors (Lipinski definition) is 0. The summed E-state index contributed by atoms with van der Waals surface area (Å²) in [6.07, 6.45) is 7.13. The molecule has 0 aliphatic heterocycles. The molecule has 0 aliphatic carbocycles. The first kappa shape index (κ1) is 35.6. The van der Waals surface area contributed by atoms with Gasteiger partial charge in [-0.05, 0) is 104 Å². The van der Waals surface area contributed by atoms with E-state index in [1.54, 1.807) is 0 Å². The number of rotatable bonds is 4. The first-order valence-corrected chi connectivity index (χ1v) is 17.3. The standard InChI is InChI=1S/2C23H22N2.Cu/c2*1-16-9-17(2)12-20(11-16)24-15-25(23-8-6-5-7-22(23)24)21-13-18(3)10-19(4)14-21;/h2*5-14H,1-4H3;/q;;+1. The van der Waals surface area contributed by atoms with E-state index in [4.69, 9.17) is 0 Å². The van der Waals surface area contributed by atoms with Gasteiger partial charge in [-0.2, -0.15) is 0 Å². The Morgan fingerprint density at radius 3 is 0.961 bits per heavy atom. The molecule has 0 spiro atoms. The van der Waals surface area contributed by atoms with Crippen LogP contribution in [-0.2, 0) is 17.1 Å². The quantitative estimate of drug-likeness (QED) is 0.0981. The second kappa shape index (κ2) is 14.6. The maximum atomic E-state index is 3.56. The van der Waals surface area contributed by atoms with Crippen molar-refractivity contribution in [1.82, 2.24) is 9.13 Å². The van der Waals surface area contributed by atoms with Gasteiger partial charge in [0.1, 0.15) is 0 Å². The zero-order valence-electron chi connectivity index (χ0n) is 30.6. The number of aromatic nitrogens is 4. The second-order valence-corrected chi connectivity index (χ2v) is 13.9. The van der Waals surface area contributed by atoms with Gasteiger partial charge in [-0.1, -0.05) is 117 Å². The van der Waals surface area contributed by atoms with Crippen LogP contribution < -0.4 is 9.13 Å². The van der Waals surface area contributed by atoms with E-state index in [0.29, 0.717) is 0 Å². The Hall–Kier alpha value is -5.22. The molecule has 0 amide bonds. The van der Waals surface area contributed by atoms with Crippen LogP contribution in [0.2, 0.25) is 0 Å². The molecule has 0 aliphatic rings. The fourth-order valence-electron chi connectivity index (χ4n) is 7.21. The van der Waals surface area contributed by atoms with Crippen LogP contribution in [0.1, 0.15) is 44.5 Å². The van der Waals surface area contributed by atoms with E-state index in [1.807, 2.05) is 0 Å². The third kappa shape index (κ3) is 7.46. The SMILES string of the molecule is Cc1cc(C)cc(-n2[c-][n+](-c3cc(C)cc(C)c3)c3ccccc32)c1.Cc1cc(C)cc(-n2[c-][n+](-c3cc(C)cc(C)c3)c3ccccc32)c1.[Cu+]. The summed E-state index contributed by atoms with van der Waals surface area (Å²) in [6, 6.07) is 43.4. The van der Waals surface area contributed by atoms with Crippen molar-refractivity contribution >= 4 is 22.1 Å². The van der Waals surface area contributed by atoms with E-state index in [1.165, 1.54) is 44.5 Å². The number of benzene rings is 6. The van der Waals surface area contributed by atoms with Crippen LogP contribution in [0, 0.1) is 68.0 Å². The third-order valence-corrected chi connectivity index (χ3v) is 8.99. The number of nitrogens with zero attached hydrogens (tertiary/aromatic N) is 4. The average molecular weight is 716 g/mol. The molecule has 2 aromatic heterocycles. The monoisotopic (exact) mass is 715 g/mol. The Balaban J connectivity index is 0.000000172. The Labute approximate surface area is 312 Å². The predicted octanol–water partition coefficient (Wildman–Crippen LogP) is 9.88. The first-order chi connectivity index (χ1) is 24.0. The molecule has 0 unspecified atom stereocenters. The molecule has 0 radical (unpaired) electrons. The maximum Gasteiger partial charge on any atom is 1.00 e. The summed E-state index contributed by atoms with van der Waals surface area (Å²) in [6.45, 7) is 17.1. The van der Waals surface area contributed by atoms with E-state index in [9.17, 15) is 0 Å². The zero-order valence-corrected chi connectivity index (χ0v) is 31.6. The summed E-state index contributed by atoms with van der Waals surface area (Å²) in [5.74, 6) is 0. The van der Waals surface area contributed by atoms with E-state index < -0.39 is 0 Å². The van der Waals surface area contributed by atoms with Gasteiger partial charge in [0.15, 0.2) is 0 Å². The molecule has 0 atom stereocenters. The largest absolute Gasteiger partial charge is 1.00 e. The Bertz CT molecular complexity index is 2110. The molecule has 5 heteroatoms. The summed E-state index contributed by atoms with van der Waals surface area (Å²) < 4.78 is 8.64. The van der Waals surface area contributed by atoms with Crippen molar-refractivity contribution in [3.8, 4) is 22.7 Å². The molecule has 258 valence electrons. The maximum absolute atomic E-state index is 3.56. The van der Waals surface area contributed by atoms with Gasteiger partial charge < -0.3 is 0 Å². The van der Waals surface area contributed by atoms with Crippen molar-refractivity contribution < 1.29 is 26.2 Å². The van der Waals surface area contributed by atoms with Crippen LogP contribution in [0.3, 0.4) is 0 Å². The number of imidazole rings is 2. The molecule has 8 aromatic rings. The van der Waals surface area contributed by atoms with E-state index in [2.05, 4.69) is 208 Å². The van der Waals surface area contributed by atoms with Crippen molar-refractivity contribution in [3.05, 3.63) is 178 Å². The molecule has 0 N–H and O–H groups in total. The average Bonchev–Trinajstić information content (AvgIpc) is 3.63. The molecule has 0 fully saturated rings. The van der Waals surface area contributed by atoms with Gasteiger partial charge in [-0.15, -0.1) is 0 Å². The Kier molecular flexibility index (Phi) is 10.2. The van der Waals surface area contributed by atoms with Crippen molar-refractivity contribution in [2.75, 3.05) is 0 Å². The van der Waals surface area contributed by atoms with Gasteiger partial charge in [0.25, 0.3) is 12.7 Å². The topological polar surface area (TPSA) is 17.6 Å². The molecule has 4 nitrogen and oxygen atoms in total. The molecule has 0 saturated carbocycles. The van der Waals surface area contributed by atoms with Crippen molar-refractivity contribution in [1.29, 1.82) is 0 Å². The van der Waals surface area contributed by atoms with Gasteiger partial charge in [-0.3, -0.25) is 18.3 Å². The van der Waals surface area contributed by atoms with Crippen LogP contribution in [0.15, 0.2) is 121 Å². The molecule has 51 heavy (non-hydrogen) atoms. The molecular formula is C46H44CuN4+. The minimum atomic E-state index is 0. The van der Waals surface area contributed by atoms with E-state index >= 15 is 0 Å². The molecule has 2 heterocycles. The number of aryl methyl sites for hydroxylation is 8. The van der Waals surface area contributed by atoms with Crippen LogP contribution in [0.25, 0.3) is 44.8 Å². The zero-order chi connectivity index (χ0) is 35.1. The summed E-state index contributed by atoms with van der Waals surface area (Å²) in [5.41, 5.74) is 19.3. The molecule has 0 bridgehead atoms. The molecular weight excluding hydrogens is 672 g/mol. The Morgan fingerprint density at radius 2 is 0.647 bits per heavy atom. The second-order valence-electron chi connectivity index (χ2n) is 13.9. The van der Waals surface area contributed by atoms with E-state index in [0.717, 1.165) is 44.8 Å². The van der Waals surface area contributed by atoms with E-state index in [-0.39, 0.29) is 17.1 Å². The molecule has 8 rings (SSSR count). The minimum Gasteiger partial charge on any atom is -0.292 e. The number of fused-ring (bicyclic) bond motifs is 2. The van der Waals surface area contributed by atoms with Crippen molar-refractivity contribution in [3.63, 3.8) is 0 Å². The fraction of sp³-hybridized carbons (Fsp3) is 0.174. The van der Waals surface area contributed by atoms with Gasteiger partial charge in [-0.25, -0.2) is 0 Å². The first-order valence-electron chi connectivity index (χ1n) is 17.3. The summed E-state index contributed by atoms with van der Waals surface area (Å²) in [7, 11) is 0. The van der Waals surface area contributed by atoms with Crippen LogP contribution >= 0.6 is 0 Å². The van der Waals surface area contributed by atoms with Crippen LogP contribution in [0.5, 0.6) is 0 Å². The molecule has 6 aromatic carbocycles. The number of hydrogen-bond donors (Lipinski definition) is 0. The van der Waals surface area contributed by atoms with Crippen molar-refractivity contribution in [2.24, 2.45) is 0 Å². The van der Waals surface area contributed by atoms with Gasteiger partial charge >= 0.3 is 17.1 Å². The van der Waals surface area contributed by atoms with Crippen LogP contribution in [-0.4, -0.2) is 9.13 Å². The molecule has 0 saturated heterocycles. The van der Waals surface area contributed by atoms with Gasteiger partial charge in [0, 0.05) is 0 Å². The smallest absolute Gasteiger partial charge is 0.292 e. The van der Waals surface area contributed by atoms with Gasteiger partial charge in [0.05, 0.1) is 44.8 Å². The van der Waals surface area contributed by atoms with Crippen molar-refractivity contribution in [2.45, 2.75) is 55.4 Å². The van der Waals surface area contributed by atoms with Crippen LogP contribution in [0.4, 0.5) is 0 Å². The minimum absolute atomic E-state index is 0. The van der Waals surface area contributed by atoms with Gasteiger partial charge in [0.2, 0.25) is 0 Å². The normalized spacial score (nSPS) is 11.0. The number of para-hydroxylation sites is 4. The third-order valence-electron chi connectivity index (χ3n) is 8.99. The summed E-state index contributed by atoms with van der Waals surface area (Å²) >= 11 is 0. The fourth-order valence-corrected chi connectivity index (χ4v) is 7.21. The predicted molar refractivity (Wildman–Crippen MR) is 205 cm³/mol.